The zero-order chi connectivity index (χ0) is 11.8. The Labute approximate surface area is 96.6 Å². The Morgan fingerprint density at radius 2 is 2.19 bits per heavy atom. The Balaban J connectivity index is 2.57. The van der Waals surface area contributed by atoms with Gasteiger partial charge in [0.05, 0.1) is 0 Å². The maximum Gasteiger partial charge on any atom is 0.113 e. The molecule has 0 fully saturated rings. The SMILES string of the molecule is CCc1cccc2c1C(O)C(C)(OC)C=C2. The first kappa shape index (κ1) is 11.4. The summed E-state index contributed by atoms with van der Waals surface area (Å²) in [6, 6.07) is 6.13. The Hall–Kier alpha value is -1.12. The largest absolute Gasteiger partial charge is 0.385 e. The van der Waals surface area contributed by atoms with Crippen LogP contribution < -0.4 is 0 Å². The predicted molar refractivity (Wildman–Crippen MR) is 65.2 cm³/mol. The molecule has 2 nitrogen and oxygen atoms in total. The first-order valence-corrected chi connectivity index (χ1v) is 5.66. The van der Waals surface area contributed by atoms with E-state index in [2.05, 4.69) is 13.0 Å². The van der Waals surface area contributed by atoms with Gasteiger partial charge in [0.15, 0.2) is 0 Å². The summed E-state index contributed by atoms with van der Waals surface area (Å²) in [6.45, 7) is 4.01. The van der Waals surface area contributed by atoms with Gasteiger partial charge in [-0.25, -0.2) is 0 Å². The topological polar surface area (TPSA) is 29.5 Å². The van der Waals surface area contributed by atoms with Crippen molar-refractivity contribution in [2.75, 3.05) is 7.11 Å². The van der Waals surface area contributed by atoms with Crippen LogP contribution in [-0.4, -0.2) is 17.8 Å². The molecule has 0 saturated heterocycles. The number of aryl methyl sites for hydroxylation is 1. The van der Waals surface area contributed by atoms with Crippen LogP contribution in [0.5, 0.6) is 0 Å². The Kier molecular flexibility index (Phi) is 2.87. The van der Waals surface area contributed by atoms with E-state index in [4.69, 9.17) is 4.74 Å². The van der Waals surface area contributed by atoms with Gasteiger partial charge in [0.1, 0.15) is 11.7 Å². The van der Waals surface area contributed by atoms with Crippen molar-refractivity contribution in [2.45, 2.75) is 32.0 Å². The van der Waals surface area contributed by atoms with E-state index in [-0.39, 0.29) is 0 Å². The number of benzene rings is 1. The summed E-state index contributed by atoms with van der Waals surface area (Å²) in [5.41, 5.74) is 2.69. The van der Waals surface area contributed by atoms with Gasteiger partial charge in [-0.05, 0) is 36.1 Å². The summed E-state index contributed by atoms with van der Waals surface area (Å²) in [4.78, 5) is 0. The van der Waals surface area contributed by atoms with Gasteiger partial charge < -0.3 is 9.84 Å². The molecule has 1 N–H and O–H groups in total. The Morgan fingerprint density at radius 1 is 1.44 bits per heavy atom. The van der Waals surface area contributed by atoms with E-state index in [0.717, 1.165) is 17.5 Å². The molecule has 0 bridgehead atoms. The number of fused-ring (bicyclic) bond motifs is 1. The van der Waals surface area contributed by atoms with Crippen molar-refractivity contribution in [1.29, 1.82) is 0 Å². The maximum atomic E-state index is 10.4. The molecule has 1 aromatic carbocycles. The second kappa shape index (κ2) is 4.04. The van der Waals surface area contributed by atoms with E-state index < -0.39 is 11.7 Å². The Bertz CT molecular complexity index is 423. The van der Waals surface area contributed by atoms with E-state index in [1.165, 1.54) is 5.56 Å². The third kappa shape index (κ3) is 1.58. The molecule has 0 spiro atoms. The zero-order valence-electron chi connectivity index (χ0n) is 10.0. The summed E-state index contributed by atoms with van der Waals surface area (Å²) in [7, 11) is 1.63. The summed E-state index contributed by atoms with van der Waals surface area (Å²) in [6.07, 6.45) is 4.30. The average molecular weight is 218 g/mol. The first-order valence-electron chi connectivity index (χ1n) is 5.66. The van der Waals surface area contributed by atoms with Crippen LogP contribution in [0.25, 0.3) is 6.08 Å². The van der Waals surface area contributed by atoms with Crippen molar-refractivity contribution in [3.8, 4) is 0 Å². The lowest BCUT2D eigenvalue weighted by atomic mass is 9.81. The van der Waals surface area contributed by atoms with Gasteiger partial charge in [0.25, 0.3) is 0 Å². The minimum absolute atomic E-state index is 0.589. The third-order valence-electron chi connectivity index (χ3n) is 3.46. The van der Waals surface area contributed by atoms with Crippen molar-refractivity contribution in [3.05, 3.63) is 41.0 Å². The van der Waals surface area contributed by atoms with E-state index in [1.807, 2.05) is 31.2 Å². The normalized spacial score (nSPS) is 27.9. The second-order valence-electron chi connectivity index (χ2n) is 4.40. The lowest BCUT2D eigenvalue weighted by Gasteiger charge is -2.35. The highest BCUT2D eigenvalue weighted by molar-refractivity contribution is 5.61. The quantitative estimate of drug-likeness (QED) is 0.827. The number of aliphatic hydroxyl groups is 1. The molecule has 1 aliphatic rings. The van der Waals surface area contributed by atoms with Crippen molar-refractivity contribution in [2.24, 2.45) is 0 Å². The number of methoxy groups -OCH3 is 1. The van der Waals surface area contributed by atoms with E-state index in [9.17, 15) is 5.11 Å². The van der Waals surface area contributed by atoms with Crippen LogP contribution in [0.15, 0.2) is 24.3 Å². The van der Waals surface area contributed by atoms with Crippen LogP contribution in [-0.2, 0) is 11.2 Å². The molecular formula is C14H18O2. The van der Waals surface area contributed by atoms with Crippen LogP contribution in [0.3, 0.4) is 0 Å². The molecule has 2 unspecified atom stereocenters. The molecule has 0 saturated carbocycles. The lowest BCUT2D eigenvalue weighted by molar-refractivity contribution is -0.0596. The van der Waals surface area contributed by atoms with Gasteiger partial charge in [0, 0.05) is 7.11 Å². The summed E-state index contributed by atoms with van der Waals surface area (Å²) in [5, 5.41) is 10.4. The molecule has 0 amide bonds. The van der Waals surface area contributed by atoms with Crippen molar-refractivity contribution >= 4 is 6.08 Å². The van der Waals surface area contributed by atoms with E-state index in [0.29, 0.717) is 0 Å². The number of hydrogen-bond acceptors (Lipinski definition) is 2. The zero-order valence-corrected chi connectivity index (χ0v) is 10.0. The standard InChI is InChI=1S/C14H18O2/c1-4-10-6-5-7-11-8-9-14(2,16-3)13(15)12(10)11/h5-9,13,15H,4H2,1-3H3. The first-order chi connectivity index (χ1) is 7.62. The molecule has 2 rings (SSSR count). The number of ether oxygens (including phenoxy) is 1. The maximum absolute atomic E-state index is 10.4. The van der Waals surface area contributed by atoms with Gasteiger partial charge in [-0.15, -0.1) is 0 Å². The highest BCUT2D eigenvalue weighted by atomic mass is 16.5. The summed E-state index contributed by atoms with van der Waals surface area (Å²) >= 11 is 0. The molecule has 1 aromatic rings. The van der Waals surface area contributed by atoms with Crippen LogP contribution in [0.2, 0.25) is 0 Å². The fourth-order valence-electron chi connectivity index (χ4n) is 2.23. The fourth-order valence-corrected chi connectivity index (χ4v) is 2.23. The van der Waals surface area contributed by atoms with Crippen molar-refractivity contribution in [3.63, 3.8) is 0 Å². The molecule has 86 valence electrons. The van der Waals surface area contributed by atoms with Crippen LogP contribution in [0.4, 0.5) is 0 Å². The van der Waals surface area contributed by atoms with Crippen LogP contribution in [0, 0.1) is 0 Å². The predicted octanol–water partition coefficient (Wildman–Crippen LogP) is 2.71. The molecule has 1 aliphatic carbocycles. The second-order valence-corrected chi connectivity index (χ2v) is 4.40. The summed E-state index contributed by atoms with van der Waals surface area (Å²) < 4.78 is 5.41. The molecule has 16 heavy (non-hydrogen) atoms. The molecule has 0 radical (unpaired) electrons. The molecule has 0 heterocycles. The fraction of sp³-hybridized carbons (Fsp3) is 0.429. The summed E-state index contributed by atoms with van der Waals surface area (Å²) in [5.74, 6) is 0. The van der Waals surface area contributed by atoms with E-state index in [1.54, 1.807) is 7.11 Å². The number of rotatable bonds is 2. The van der Waals surface area contributed by atoms with Gasteiger partial charge in [-0.2, -0.15) is 0 Å². The number of hydrogen-bond donors (Lipinski definition) is 1. The number of aliphatic hydroxyl groups excluding tert-OH is 1. The molecule has 2 heteroatoms. The lowest BCUT2D eigenvalue weighted by Crippen LogP contribution is -2.35. The minimum Gasteiger partial charge on any atom is -0.385 e. The smallest absolute Gasteiger partial charge is 0.113 e. The van der Waals surface area contributed by atoms with Gasteiger partial charge in [0.2, 0.25) is 0 Å². The van der Waals surface area contributed by atoms with Crippen molar-refractivity contribution in [1.82, 2.24) is 0 Å². The molecular weight excluding hydrogens is 200 g/mol. The molecule has 2 atom stereocenters. The Morgan fingerprint density at radius 3 is 2.81 bits per heavy atom. The van der Waals surface area contributed by atoms with Gasteiger partial charge in [-0.3, -0.25) is 0 Å². The van der Waals surface area contributed by atoms with Crippen LogP contribution >= 0.6 is 0 Å². The monoisotopic (exact) mass is 218 g/mol. The molecule has 0 aliphatic heterocycles. The highest BCUT2D eigenvalue weighted by Gasteiger charge is 2.36. The average Bonchev–Trinajstić information content (AvgIpc) is 2.33. The van der Waals surface area contributed by atoms with E-state index >= 15 is 0 Å². The third-order valence-corrected chi connectivity index (χ3v) is 3.46. The van der Waals surface area contributed by atoms with Crippen LogP contribution in [0.1, 0.15) is 36.6 Å². The van der Waals surface area contributed by atoms with Crippen molar-refractivity contribution < 1.29 is 9.84 Å². The highest BCUT2D eigenvalue weighted by Crippen LogP contribution is 2.38. The minimum atomic E-state index is -0.613. The van der Waals surface area contributed by atoms with Gasteiger partial charge in [-0.1, -0.05) is 31.2 Å². The van der Waals surface area contributed by atoms with Gasteiger partial charge >= 0.3 is 0 Å². The molecule has 0 aromatic heterocycles.